The van der Waals surface area contributed by atoms with E-state index in [1.165, 1.54) is 25.7 Å². The van der Waals surface area contributed by atoms with E-state index >= 15 is 0 Å². The van der Waals surface area contributed by atoms with E-state index in [9.17, 15) is 0 Å². The molecular formula is C8H13BrO. The molecule has 0 aromatic rings. The number of alkyl halides is 1. The maximum atomic E-state index is 5.79. The molecule has 0 bridgehead atoms. The molecule has 1 saturated carbocycles. The first-order valence-corrected chi connectivity index (χ1v) is 5.23. The lowest BCUT2D eigenvalue weighted by molar-refractivity contribution is 0.0543. The van der Waals surface area contributed by atoms with Crippen molar-refractivity contribution in [1.82, 2.24) is 0 Å². The van der Waals surface area contributed by atoms with Crippen LogP contribution in [0.1, 0.15) is 25.7 Å². The smallest absolute Gasteiger partial charge is 0.0679 e. The van der Waals surface area contributed by atoms with Gasteiger partial charge < -0.3 is 4.74 Å². The molecule has 1 saturated heterocycles. The van der Waals surface area contributed by atoms with Crippen LogP contribution < -0.4 is 0 Å². The zero-order valence-electron chi connectivity index (χ0n) is 6.05. The van der Waals surface area contributed by atoms with E-state index in [4.69, 9.17) is 4.74 Å². The van der Waals surface area contributed by atoms with Gasteiger partial charge in [-0.15, -0.1) is 0 Å². The average molecular weight is 205 g/mol. The Bertz CT molecular complexity index is 114. The molecule has 2 heteroatoms. The zero-order chi connectivity index (χ0) is 6.97. The summed E-state index contributed by atoms with van der Waals surface area (Å²) in [7, 11) is 0. The quantitative estimate of drug-likeness (QED) is 0.597. The average Bonchev–Trinajstić information content (AvgIpc) is 2.42. The maximum absolute atomic E-state index is 5.79. The van der Waals surface area contributed by atoms with Gasteiger partial charge in [-0.2, -0.15) is 0 Å². The molecule has 1 aliphatic heterocycles. The molecule has 1 nitrogen and oxygen atoms in total. The van der Waals surface area contributed by atoms with Crippen molar-refractivity contribution in [3.05, 3.63) is 0 Å². The van der Waals surface area contributed by atoms with Crippen LogP contribution in [0.4, 0.5) is 0 Å². The van der Waals surface area contributed by atoms with Crippen molar-refractivity contribution in [2.75, 3.05) is 5.33 Å². The number of hydrogen-bond acceptors (Lipinski definition) is 1. The van der Waals surface area contributed by atoms with Gasteiger partial charge in [-0.05, 0) is 25.2 Å². The predicted molar refractivity (Wildman–Crippen MR) is 44.4 cm³/mol. The van der Waals surface area contributed by atoms with E-state index in [1.807, 2.05) is 0 Å². The second-order valence-electron chi connectivity index (χ2n) is 3.38. The van der Waals surface area contributed by atoms with Crippen molar-refractivity contribution in [2.24, 2.45) is 5.92 Å². The lowest BCUT2D eigenvalue weighted by Gasteiger charge is -2.07. The van der Waals surface area contributed by atoms with Gasteiger partial charge in [0.2, 0.25) is 0 Å². The van der Waals surface area contributed by atoms with Gasteiger partial charge in [0.15, 0.2) is 0 Å². The van der Waals surface area contributed by atoms with Crippen molar-refractivity contribution >= 4 is 15.9 Å². The third kappa shape index (κ3) is 1.12. The number of ether oxygens (including phenoxy) is 1. The normalized spacial score (nSPS) is 45.9. The standard InChI is InChI=1S/C8H13BrO/c9-5-7-4-6-2-1-3-8(6)10-7/h6-8H,1-5H2/t6-,7?,8-/m1/s1. The van der Waals surface area contributed by atoms with Crippen LogP contribution in [0, 0.1) is 5.92 Å². The number of fused-ring (bicyclic) bond motifs is 1. The van der Waals surface area contributed by atoms with Gasteiger partial charge in [0.25, 0.3) is 0 Å². The molecule has 10 heavy (non-hydrogen) atoms. The van der Waals surface area contributed by atoms with E-state index in [0.717, 1.165) is 11.2 Å². The minimum atomic E-state index is 0.523. The summed E-state index contributed by atoms with van der Waals surface area (Å²) in [5.74, 6) is 0.905. The van der Waals surface area contributed by atoms with Crippen molar-refractivity contribution in [2.45, 2.75) is 37.9 Å². The molecule has 0 aromatic heterocycles. The van der Waals surface area contributed by atoms with E-state index in [0.29, 0.717) is 12.2 Å². The molecule has 2 rings (SSSR count). The Morgan fingerprint density at radius 1 is 1.40 bits per heavy atom. The van der Waals surface area contributed by atoms with E-state index in [1.54, 1.807) is 0 Å². The molecular weight excluding hydrogens is 192 g/mol. The van der Waals surface area contributed by atoms with Gasteiger partial charge in [0.1, 0.15) is 0 Å². The minimum absolute atomic E-state index is 0.523. The lowest BCUT2D eigenvalue weighted by Crippen LogP contribution is -2.10. The van der Waals surface area contributed by atoms with Gasteiger partial charge in [0.05, 0.1) is 12.2 Å². The van der Waals surface area contributed by atoms with Crippen molar-refractivity contribution in [3.63, 3.8) is 0 Å². The van der Waals surface area contributed by atoms with E-state index in [2.05, 4.69) is 15.9 Å². The van der Waals surface area contributed by atoms with Crippen molar-refractivity contribution in [1.29, 1.82) is 0 Å². The fourth-order valence-corrected chi connectivity index (χ4v) is 2.61. The van der Waals surface area contributed by atoms with Gasteiger partial charge in [0, 0.05) is 5.33 Å². The van der Waals surface area contributed by atoms with Gasteiger partial charge in [-0.1, -0.05) is 22.4 Å². The fourth-order valence-electron chi connectivity index (χ4n) is 2.19. The highest BCUT2D eigenvalue weighted by molar-refractivity contribution is 9.09. The van der Waals surface area contributed by atoms with Gasteiger partial charge >= 0.3 is 0 Å². The van der Waals surface area contributed by atoms with Crippen LogP contribution in [0.5, 0.6) is 0 Å². The summed E-state index contributed by atoms with van der Waals surface area (Å²) in [6.07, 6.45) is 6.57. The van der Waals surface area contributed by atoms with Crippen LogP contribution in [0.2, 0.25) is 0 Å². The Kier molecular flexibility index (Phi) is 2.01. The third-order valence-electron chi connectivity index (χ3n) is 2.69. The first kappa shape index (κ1) is 7.11. The Morgan fingerprint density at radius 2 is 2.30 bits per heavy atom. The third-order valence-corrected chi connectivity index (χ3v) is 3.42. The van der Waals surface area contributed by atoms with Gasteiger partial charge in [-0.25, -0.2) is 0 Å². The molecule has 0 spiro atoms. The molecule has 2 fully saturated rings. The molecule has 0 radical (unpaired) electrons. The Morgan fingerprint density at radius 3 is 3.00 bits per heavy atom. The van der Waals surface area contributed by atoms with Crippen molar-refractivity contribution in [3.8, 4) is 0 Å². The monoisotopic (exact) mass is 204 g/mol. The first-order chi connectivity index (χ1) is 4.90. The number of hydrogen-bond donors (Lipinski definition) is 0. The molecule has 2 aliphatic rings. The van der Waals surface area contributed by atoms with Crippen molar-refractivity contribution < 1.29 is 4.74 Å². The van der Waals surface area contributed by atoms with Crippen LogP contribution in [0.25, 0.3) is 0 Å². The molecule has 1 unspecified atom stereocenters. The predicted octanol–water partition coefficient (Wildman–Crippen LogP) is 2.34. The van der Waals surface area contributed by atoms with Crippen LogP contribution in [0.3, 0.4) is 0 Å². The molecule has 1 aliphatic carbocycles. The number of rotatable bonds is 1. The fraction of sp³-hybridized carbons (Fsp3) is 1.00. The van der Waals surface area contributed by atoms with Crippen LogP contribution >= 0.6 is 15.9 Å². The second kappa shape index (κ2) is 2.82. The van der Waals surface area contributed by atoms with Gasteiger partial charge in [-0.3, -0.25) is 0 Å². The number of halogens is 1. The summed E-state index contributed by atoms with van der Waals surface area (Å²) >= 11 is 3.46. The summed E-state index contributed by atoms with van der Waals surface area (Å²) < 4.78 is 5.79. The molecule has 0 aromatic carbocycles. The summed E-state index contributed by atoms with van der Waals surface area (Å²) in [5.41, 5.74) is 0. The van der Waals surface area contributed by atoms with E-state index < -0.39 is 0 Å². The summed E-state index contributed by atoms with van der Waals surface area (Å²) in [6, 6.07) is 0. The van der Waals surface area contributed by atoms with Crippen LogP contribution in [0.15, 0.2) is 0 Å². The lowest BCUT2D eigenvalue weighted by atomic mass is 10.0. The topological polar surface area (TPSA) is 9.23 Å². The maximum Gasteiger partial charge on any atom is 0.0679 e. The Labute approximate surface area is 70.3 Å². The molecule has 3 atom stereocenters. The highest BCUT2D eigenvalue weighted by Crippen LogP contribution is 2.39. The highest BCUT2D eigenvalue weighted by Gasteiger charge is 2.37. The zero-order valence-corrected chi connectivity index (χ0v) is 7.64. The van der Waals surface area contributed by atoms with Crippen LogP contribution in [-0.4, -0.2) is 17.5 Å². The molecule has 58 valence electrons. The summed E-state index contributed by atoms with van der Waals surface area (Å²) in [5, 5.41) is 1.03. The van der Waals surface area contributed by atoms with Crippen LogP contribution in [-0.2, 0) is 4.74 Å². The molecule has 0 amide bonds. The molecule has 0 N–H and O–H groups in total. The second-order valence-corrected chi connectivity index (χ2v) is 4.03. The Balaban J connectivity index is 1.94. The molecule has 1 heterocycles. The SMILES string of the molecule is BrCC1C[C@H]2CCC[C@H]2O1. The minimum Gasteiger partial charge on any atom is -0.374 e. The van der Waals surface area contributed by atoms with E-state index in [-0.39, 0.29) is 0 Å². The Hall–Kier alpha value is 0.440. The highest BCUT2D eigenvalue weighted by atomic mass is 79.9. The summed E-state index contributed by atoms with van der Waals surface area (Å²) in [4.78, 5) is 0. The first-order valence-electron chi connectivity index (χ1n) is 4.11. The largest absolute Gasteiger partial charge is 0.374 e. The summed E-state index contributed by atoms with van der Waals surface area (Å²) in [6.45, 7) is 0.